The molecule has 1 aliphatic carbocycles. The number of likely N-dealkylation sites (tertiary alicyclic amines) is 1. The van der Waals surface area contributed by atoms with E-state index < -0.39 is 0 Å². The van der Waals surface area contributed by atoms with Crippen LogP contribution in [0.4, 0.5) is 0 Å². The van der Waals surface area contributed by atoms with E-state index in [4.69, 9.17) is 0 Å². The van der Waals surface area contributed by atoms with E-state index in [1.807, 2.05) is 0 Å². The SMILES string of the molecule is CC(C)N1CC[C@@H](CNC(=O)CC2=CCCCC2)C1. The minimum atomic E-state index is 0.219. The summed E-state index contributed by atoms with van der Waals surface area (Å²) >= 11 is 0. The molecule has 0 spiro atoms. The molecular formula is C16H28N2O. The number of rotatable bonds is 5. The van der Waals surface area contributed by atoms with Crippen molar-refractivity contribution in [2.75, 3.05) is 19.6 Å². The Morgan fingerprint density at radius 2 is 2.32 bits per heavy atom. The molecule has 1 N–H and O–H groups in total. The third-order valence-corrected chi connectivity index (χ3v) is 4.41. The summed E-state index contributed by atoms with van der Waals surface area (Å²) in [4.78, 5) is 14.4. The van der Waals surface area contributed by atoms with Gasteiger partial charge in [-0.2, -0.15) is 0 Å². The van der Waals surface area contributed by atoms with Gasteiger partial charge >= 0.3 is 0 Å². The zero-order valence-corrected chi connectivity index (χ0v) is 12.5. The summed E-state index contributed by atoms with van der Waals surface area (Å²) in [6, 6.07) is 0.632. The fourth-order valence-electron chi connectivity index (χ4n) is 3.09. The maximum atomic E-state index is 11.9. The largest absolute Gasteiger partial charge is 0.355 e. The van der Waals surface area contributed by atoms with Crippen LogP contribution in [0.15, 0.2) is 11.6 Å². The Bertz CT molecular complexity index is 336. The van der Waals surface area contributed by atoms with E-state index >= 15 is 0 Å². The molecule has 1 atom stereocenters. The summed E-state index contributed by atoms with van der Waals surface area (Å²) < 4.78 is 0. The highest BCUT2D eigenvalue weighted by Gasteiger charge is 2.24. The van der Waals surface area contributed by atoms with Gasteiger partial charge in [0.05, 0.1) is 0 Å². The number of allylic oxidation sites excluding steroid dienone is 1. The first-order valence-corrected chi connectivity index (χ1v) is 7.84. The molecule has 0 radical (unpaired) electrons. The van der Waals surface area contributed by atoms with Crippen LogP contribution in [0.3, 0.4) is 0 Å². The summed E-state index contributed by atoms with van der Waals surface area (Å²) in [5.41, 5.74) is 1.35. The van der Waals surface area contributed by atoms with Gasteiger partial charge in [0, 0.05) is 25.6 Å². The molecule has 0 saturated carbocycles. The van der Waals surface area contributed by atoms with Crippen molar-refractivity contribution in [3.63, 3.8) is 0 Å². The summed E-state index contributed by atoms with van der Waals surface area (Å²) in [5, 5.41) is 3.12. The van der Waals surface area contributed by atoms with Crippen LogP contribution in [0.2, 0.25) is 0 Å². The van der Waals surface area contributed by atoms with Crippen LogP contribution >= 0.6 is 0 Å². The van der Waals surface area contributed by atoms with Gasteiger partial charge < -0.3 is 10.2 Å². The lowest BCUT2D eigenvalue weighted by molar-refractivity contribution is -0.120. The third-order valence-electron chi connectivity index (χ3n) is 4.41. The van der Waals surface area contributed by atoms with Crippen molar-refractivity contribution >= 4 is 5.91 Å². The van der Waals surface area contributed by atoms with Gasteiger partial charge in [-0.05, 0) is 58.4 Å². The van der Waals surface area contributed by atoms with Crippen molar-refractivity contribution in [1.29, 1.82) is 0 Å². The number of carbonyl (C=O) groups excluding carboxylic acids is 1. The highest BCUT2D eigenvalue weighted by molar-refractivity contribution is 5.78. The van der Waals surface area contributed by atoms with Gasteiger partial charge in [0.15, 0.2) is 0 Å². The van der Waals surface area contributed by atoms with E-state index in [2.05, 4.69) is 30.1 Å². The number of nitrogens with one attached hydrogen (secondary N) is 1. The number of hydrogen-bond donors (Lipinski definition) is 1. The summed E-state index contributed by atoms with van der Waals surface area (Å²) in [6.45, 7) is 7.67. The minimum absolute atomic E-state index is 0.219. The van der Waals surface area contributed by atoms with E-state index in [1.165, 1.54) is 31.4 Å². The highest BCUT2D eigenvalue weighted by Crippen LogP contribution is 2.20. The van der Waals surface area contributed by atoms with E-state index in [9.17, 15) is 4.79 Å². The standard InChI is InChI=1S/C16H28N2O/c1-13(2)18-9-8-15(12-18)11-17-16(19)10-14-6-4-3-5-7-14/h6,13,15H,3-5,7-12H2,1-2H3,(H,17,19)/t15-/m0/s1. The Balaban J connectivity index is 1.65. The van der Waals surface area contributed by atoms with Crippen LogP contribution in [0, 0.1) is 5.92 Å². The van der Waals surface area contributed by atoms with Gasteiger partial charge in [-0.1, -0.05) is 11.6 Å². The number of carbonyl (C=O) groups is 1. The number of amides is 1. The third kappa shape index (κ3) is 4.64. The van der Waals surface area contributed by atoms with Crippen molar-refractivity contribution < 1.29 is 4.79 Å². The smallest absolute Gasteiger partial charge is 0.224 e. The van der Waals surface area contributed by atoms with Crippen LogP contribution in [0.5, 0.6) is 0 Å². The molecular weight excluding hydrogens is 236 g/mol. The second kappa shape index (κ2) is 7.09. The van der Waals surface area contributed by atoms with Gasteiger partial charge in [0.1, 0.15) is 0 Å². The predicted molar refractivity (Wildman–Crippen MR) is 79.0 cm³/mol. The Hall–Kier alpha value is -0.830. The van der Waals surface area contributed by atoms with Crippen molar-refractivity contribution in [2.45, 2.75) is 58.4 Å². The normalized spacial score (nSPS) is 24.6. The van der Waals surface area contributed by atoms with Crippen LogP contribution < -0.4 is 5.32 Å². The molecule has 0 bridgehead atoms. The molecule has 1 heterocycles. The second-order valence-electron chi connectivity index (χ2n) is 6.33. The maximum Gasteiger partial charge on any atom is 0.224 e. The van der Waals surface area contributed by atoms with E-state index in [1.54, 1.807) is 0 Å². The molecule has 108 valence electrons. The van der Waals surface area contributed by atoms with Crippen molar-refractivity contribution in [3.05, 3.63) is 11.6 Å². The van der Waals surface area contributed by atoms with Crippen LogP contribution in [-0.2, 0) is 4.79 Å². The van der Waals surface area contributed by atoms with E-state index in [0.29, 0.717) is 18.4 Å². The van der Waals surface area contributed by atoms with E-state index in [0.717, 1.165) is 25.9 Å². The molecule has 2 aliphatic rings. The lowest BCUT2D eigenvalue weighted by Crippen LogP contribution is -2.33. The fraction of sp³-hybridized carbons (Fsp3) is 0.812. The molecule has 3 nitrogen and oxygen atoms in total. The van der Waals surface area contributed by atoms with Crippen LogP contribution in [0.1, 0.15) is 52.4 Å². The summed E-state index contributed by atoms with van der Waals surface area (Å²) in [6.07, 6.45) is 8.94. The highest BCUT2D eigenvalue weighted by atomic mass is 16.1. The van der Waals surface area contributed by atoms with Crippen LogP contribution in [-0.4, -0.2) is 36.5 Å². The van der Waals surface area contributed by atoms with Crippen molar-refractivity contribution in [2.24, 2.45) is 5.92 Å². The minimum Gasteiger partial charge on any atom is -0.355 e. The molecule has 1 saturated heterocycles. The van der Waals surface area contributed by atoms with E-state index in [-0.39, 0.29) is 5.91 Å². The zero-order chi connectivity index (χ0) is 13.7. The van der Waals surface area contributed by atoms with Crippen LogP contribution in [0.25, 0.3) is 0 Å². The second-order valence-corrected chi connectivity index (χ2v) is 6.33. The summed E-state index contributed by atoms with van der Waals surface area (Å²) in [7, 11) is 0. The lowest BCUT2D eigenvalue weighted by Gasteiger charge is -2.20. The molecule has 19 heavy (non-hydrogen) atoms. The summed E-state index contributed by atoms with van der Waals surface area (Å²) in [5.74, 6) is 0.864. The molecule has 0 unspecified atom stereocenters. The Labute approximate surface area is 117 Å². The quantitative estimate of drug-likeness (QED) is 0.774. The average Bonchev–Trinajstić information content (AvgIpc) is 2.86. The topological polar surface area (TPSA) is 32.3 Å². The molecule has 0 aromatic heterocycles. The van der Waals surface area contributed by atoms with Gasteiger partial charge in [-0.25, -0.2) is 0 Å². The molecule has 1 fully saturated rings. The Kier molecular flexibility index (Phi) is 5.44. The number of nitrogens with zero attached hydrogens (tertiary/aromatic N) is 1. The lowest BCUT2D eigenvalue weighted by atomic mass is 9.97. The van der Waals surface area contributed by atoms with Crippen molar-refractivity contribution in [1.82, 2.24) is 10.2 Å². The monoisotopic (exact) mass is 264 g/mol. The maximum absolute atomic E-state index is 11.9. The predicted octanol–water partition coefficient (Wildman–Crippen LogP) is 2.72. The van der Waals surface area contributed by atoms with Gasteiger partial charge in [-0.3, -0.25) is 4.79 Å². The van der Waals surface area contributed by atoms with Gasteiger partial charge in [-0.15, -0.1) is 0 Å². The molecule has 0 aromatic rings. The average molecular weight is 264 g/mol. The first-order valence-electron chi connectivity index (χ1n) is 7.84. The van der Waals surface area contributed by atoms with Gasteiger partial charge in [0.25, 0.3) is 0 Å². The number of hydrogen-bond acceptors (Lipinski definition) is 2. The molecule has 1 amide bonds. The first-order chi connectivity index (χ1) is 9.15. The Morgan fingerprint density at radius 3 is 2.95 bits per heavy atom. The van der Waals surface area contributed by atoms with Gasteiger partial charge in [0.2, 0.25) is 5.91 Å². The molecule has 2 rings (SSSR count). The molecule has 3 heteroatoms. The first kappa shape index (κ1) is 14.6. The molecule has 1 aliphatic heterocycles. The van der Waals surface area contributed by atoms with Crippen molar-refractivity contribution in [3.8, 4) is 0 Å². The molecule has 0 aromatic carbocycles. The Morgan fingerprint density at radius 1 is 1.47 bits per heavy atom. The zero-order valence-electron chi connectivity index (χ0n) is 12.5. The fourth-order valence-corrected chi connectivity index (χ4v) is 3.09.